The summed E-state index contributed by atoms with van der Waals surface area (Å²) >= 11 is 0. The van der Waals surface area contributed by atoms with Gasteiger partial charge in [0, 0.05) is 38.8 Å². The van der Waals surface area contributed by atoms with Gasteiger partial charge in [-0.3, -0.25) is 14.5 Å². The minimum Gasteiger partial charge on any atom is -0.454 e. The summed E-state index contributed by atoms with van der Waals surface area (Å²) in [5.41, 5.74) is 5.20. The Kier molecular flexibility index (Phi) is 7.66. The highest BCUT2D eigenvalue weighted by atomic mass is 16.3. The van der Waals surface area contributed by atoms with Gasteiger partial charge in [-0.2, -0.15) is 0 Å². The van der Waals surface area contributed by atoms with Gasteiger partial charge in [-0.05, 0) is 32.9 Å². The Hall–Kier alpha value is -2.55. The van der Waals surface area contributed by atoms with Crippen LogP contribution >= 0.6 is 0 Å². The number of guanidine groups is 1. The third kappa shape index (κ3) is 6.59. The first-order valence-electron chi connectivity index (χ1n) is 9.32. The Bertz CT molecular complexity index is 662. The number of nitrogens with two attached hydrogens (primary N) is 1. The average molecular weight is 378 g/mol. The summed E-state index contributed by atoms with van der Waals surface area (Å²) in [4.78, 5) is 31.9. The van der Waals surface area contributed by atoms with Crippen LogP contribution < -0.4 is 16.4 Å². The van der Waals surface area contributed by atoms with Crippen LogP contribution in [-0.2, 0) is 11.3 Å². The SMILES string of the molecule is CCNC(=NCc1ccc(C(N)=O)o1)N1CCN(CC(=O)NC(C)C)CC1. The molecule has 0 atom stereocenters. The molecule has 2 amide bonds. The minimum atomic E-state index is -0.588. The molecular formula is C18H30N6O3. The number of carbonyl (C=O) groups excluding carboxylic acids is 2. The van der Waals surface area contributed by atoms with Crippen LogP contribution in [0.1, 0.15) is 37.1 Å². The van der Waals surface area contributed by atoms with E-state index < -0.39 is 5.91 Å². The van der Waals surface area contributed by atoms with E-state index in [0.29, 0.717) is 18.8 Å². The Morgan fingerprint density at radius 1 is 1.26 bits per heavy atom. The van der Waals surface area contributed by atoms with Gasteiger partial charge >= 0.3 is 0 Å². The van der Waals surface area contributed by atoms with E-state index in [1.807, 2.05) is 20.8 Å². The van der Waals surface area contributed by atoms with Crippen molar-refractivity contribution in [1.82, 2.24) is 20.4 Å². The van der Waals surface area contributed by atoms with E-state index in [1.54, 1.807) is 12.1 Å². The molecule has 0 spiro atoms. The lowest BCUT2D eigenvalue weighted by atomic mass is 10.3. The first-order valence-corrected chi connectivity index (χ1v) is 9.32. The van der Waals surface area contributed by atoms with Gasteiger partial charge in [0.15, 0.2) is 11.7 Å². The van der Waals surface area contributed by atoms with Gasteiger partial charge in [0.2, 0.25) is 5.91 Å². The molecule has 1 aliphatic rings. The topological polar surface area (TPSA) is 116 Å². The second-order valence-corrected chi connectivity index (χ2v) is 6.79. The molecule has 0 aromatic carbocycles. The fourth-order valence-electron chi connectivity index (χ4n) is 2.86. The van der Waals surface area contributed by atoms with Crippen molar-refractivity contribution in [3.8, 4) is 0 Å². The van der Waals surface area contributed by atoms with E-state index in [4.69, 9.17) is 10.2 Å². The second-order valence-electron chi connectivity index (χ2n) is 6.79. The molecule has 0 saturated carbocycles. The van der Waals surface area contributed by atoms with Crippen LogP contribution in [0.5, 0.6) is 0 Å². The van der Waals surface area contributed by atoms with Gasteiger partial charge in [-0.25, -0.2) is 4.99 Å². The number of aliphatic imine (C=N–C) groups is 1. The Morgan fingerprint density at radius 3 is 2.52 bits per heavy atom. The maximum absolute atomic E-state index is 11.9. The van der Waals surface area contributed by atoms with E-state index in [2.05, 4.69) is 25.4 Å². The lowest BCUT2D eigenvalue weighted by Gasteiger charge is -2.36. The molecule has 9 nitrogen and oxygen atoms in total. The zero-order chi connectivity index (χ0) is 19.8. The van der Waals surface area contributed by atoms with Gasteiger partial charge in [0.05, 0.1) is 6.54 Å². The smallest absolute Gasteiger partial charge is 0.284 e. The number of rotatable bonds is 7. The van der Waals surface area contributed by atoms with Crippen LogP contribution in [0.4, 0.5) is 0 Å². The van der Waals surface area contributed by atoms with Crippen molar-refractivity contribution in [1.29, 1.82) is 0 Å². The number of primary amides is 1. The number of piperazine rings is 1. The van der Waals surface area contributed by atoms with Crippen molar-refractivity contribution in [2.24, 2.45) is 10.7 Å². The Labute approximate surface area is 160 Å². The van der Waals surface area contributed by atoms with Crippen LogP contribution in [-0.4, -0.2) is 72.9 Å². The molecule has 1 aromatic rings. The Morgan fingerprint density at radius 2 is 1.96 bits per heavy atom. The molecule has 1 aliphatic heterocycles. The molecule has 9 heteroatoms. The van der Waals surface area contributed by atoms with Gasteiger partial charge in [0.1, 0.15) is 12.3 Å². The molecule has 4 N–H and O–H groups in total. The van der Waals surface area contributed by atoms with Crippen molar-refractivity contribution in [3.05, 3.63) is 23.7 Å². The molecule has 2 rings (SSSR count). The maximum atomic E-state index is 11.9. The van der Waals surface area contributed by atoms with Crippen molar-refractivity contribution in [2.75, 3.05) is 39.3 Å². The van der Waals surface area contributed by atoms with Gasteiger partial charge in [-0.15, -0.1) is 0 Å². The highest BCUT2D eigenvalue weighted by molar-refractivity contribution is 5.89. The van der Waals surface area contributed by atoms with Gasteiger partial charge in [-0.1, -0.05) is 0 Å². The summed E-state index contributed by atoms with van der Waals surface area (Å²) in [5.74, 6) is 0.986. The summed E-state index contributed by atoms with van der Waals surface area (Å²) < 4.78 is 5.37. The summed E-state index contributed by atoms with van der Waals surface area (Å²) in [6.45, 7) is 10.6. The molecule has 150 valence electrons. The predicted molar refractivity (Wildman–Crippen MR) is 103 cm³/mol. The molecule has 1 fully saturated rings. The largest absolute Gasteiger partial charge is 0.454 e. The fraction of sp³-hybridized carbons (Fsp3) is 0.611. The monoisotopic (exact) mass is 378 g/mol. The van der Waals surface area contributed by atoms with Gasteiger partial charge in [0.25, 0.3) is 5.91 Å². The number of amides is 2. The molecule has 1 aromatic heterocycles. The molecule has 2 heterocycles. The molecule has 0 unspecified atom stereocenters. The number of nitrogens with one attached hydrogen (secondary N) is 2. The lowest BCUT2D eigenvalue weighted by molar-refractivity contribution is -0.123. The first kappa shape index (κ1) is 20.8. The number of hydrogen-bond donors (Lipinski definition) is 3. The summed E-state index contributed by atoms with van der Waals surface area (Å²) in [6.07, 6.45) is 0. The van der Waals surface area contributed by atoms with Crippen LogP contribution in [0.25, 0.3) is 0 Å². The fourth-order valence-corrected chi connectivity index (χ4v) is 2.86. The van der Waals surface area contributed by atoms with Crippen molar-refractivity contribution < 1.29 is 14.0 Å². The molecular weight excluding hydrogens is 348 g/mol. The average Bonchev–Trinajstić information content (AvgIpc) is 3.08. The molecule has 0 radical (unpaired) electrons. The van der Waals surface area contributed by atoms with E-state index >= 15 is 0 Å². The van der Waals surface area contributed by atoms with Crippen molar-refractivity contribution in [3.63, 3.8) is 0 Å². The van der Waals surface area contributed by atoms with Crippen LogP contribution in [0.3, 0.4) is 0 Å². The molecule has 0 bridgehead atoms. The Balaban J connectivity index is 1.89. The lowest BCUT2D eigenvalue weighted by Crippen LogP contribution is -2.54. The quantitative estimate of drug-likeness (QED) is 0.454. The molecule has 0 aliphatic carbocycles. The number of hydrogen-bond acceptors (Lipinski definition) is 5. The molecule has 27 heavy (non-hydrogen) atoms. The highest BCUT2D eigenvalue weighted by Crippen LogP contribution is 2.09. The van der Waals surface area contributed by atoms with Crippen LogP contribution in [0, 0.1) is 0 Å². The standard InChI is InChI=1S/C18H30N6O3/c1-4-20-18(21-11-14-5-6-15(27-14)17(19)26)24-9-7-23(8-10-24)12-16(25)22-13(2)3/h5-6,13H,4,7-12H2,1-3H3,(H2,19,26)(H,20,21)(H,22,25). The van der Waals surface area contributed by atoms with Crippen LogP contribution in [0.15, 0.2) is 21.5 Å². The van der Waals surface area contributed by atoms with Gasteiger partial charge < -0.3 is 25.7 Å². The number of nitrogens with zero attached hydrogens (tertiary/aromatic N) is 3. The second kappa shape index (κ2) is 9.96. The van der Waals surface area contributed by atoms with E-state index in [-0.39, 0.29) is 17.7 Å². The minimum absolute atomic E-state index is 0.0575. The molecule has 1 saturated heterocycles. The van der Waals surface area contributed by atoms with Crippen LogP contribution in [0.2, 0.25) is 0 Å². The summed E-state index contributed by atoms with van der Waals surface area (Å²) in [7, 11) is 0. The van der Waals surface area contributed by atoms with E-state index in [1.165, 1.54) is 0 Å². The zero-order valence-corrected chi connectivity index (χ0v) is 16.3. The maximum Gasteiger partial charge on any atom is 0.284 e. The third-order valence-corrected chi connectivity index (χ3v) is 4.11. The highest BCUT2D eigenvalue weighted by Gasteiger charge is 2.21. The first-order chi connectivity index (χ1) is 12.9. The van der Waals surface area contributed by atoms with E-state index in [9.17, 15) is 9.59 Å². The van der Waals surface area contributed by atoms with E-state index in [0.717, 1.165) is 38.7 Å². The normalized spacial score (nSPS) is 15.9. The third-order valence-electron chi connectivity index (χ3n) is 4.11. The number of carbonyl (C=O) groups is 2. The zero-order valence-electron chi connectivity index (χ0n) is 16.3. The van der Waals surface area contributed by atoms with Crippen molar-refractivity contribution >= 4 is 17.8 Å². The predicted octanol–water partition coefficient (Wildman–Crippen LogP) is -0.0138. The summed E-state index contributed by atoms with van der Waals surface area (Å²) in [6, 6.07) is 3.42. The summed E-state index contributed by atoms with van der Waals surface area (Å²) in [5, 5.41) is 6.20. The number of furan rings is 1. The van der Waals surface area contributed by atoms with Crippen molar-refractivity contribution in [2.45, 2.75) is 33.4 Å².